The monoisotopic (exact) mass is 226 g/mol. The molecule has 0 spiro atoms. The Bertz CT molecular complexity index is 401. The van der Waals surface area contributed by atoms with Crippen LogP contribution in [0.5, 0.6) is 5.75 Å². The van der Waals surface area contributed by atoms with Gasteiger partial charge in [0, 0.05) is 0 Å². The smallest absolute Gasteiger partial charge is 0.306 e. The highest BCUT2D eigenvalue weighted by molar-refractivity contribution is 5.70. The lowest BCUT2D eigenvalue weighted by Crippen LogP contribution is -2.13. The number of benzene rings is 1. The fraction of sp³-hybridized carbons (Fsp3) is 0.417. The van der Waals surface area contributed by atoms with E-state index in [1.807, 2.05) is 0 Å². The number of hydrogen-bond donors (Lipinski definition) is 1. The highest BCUT2D eigenvalue weighted by atomic mass is 19.1. The molecule has 0 aliphatic heterocycles. The predicted octanol–water partition coefficient (Wildman–Crippen LogP) is 2.41. The van der Waals surface area contributed by atoms with Gasteiger partial charge in [0.15, 0.2) is 11.6 Å². The van der Waals surface area contributed by atoms with E-state index in [1.165, 1.54) is 7.11 Å². The summed E-state index contributed by atoms with van der Waals surface area (Å²) in [4.78, 5) is 10.7. The molecule has 88 valence electrons. The van der Waals surface area contributed by atoms with Crippen molar-refractivity contribution in [1.82, 2.24) is 0 Å². The topological polar surface area (TPSA) is 46.5 Å². The molecule has 4 heteroatoms. The number of hydrogen-bond acceptors (Lipinski definition) is 2. The van der Waals surface area contributed by atoms with Crippen molar-refractivity contribution in [3.05, 3.63) is 29.1 Å². The number of rotatable bonds is 4. The second kappa shape index (κ2) is 4.96. The van der Waals surface area contributed by atoms with Crippen LogP contribution in [0.3, 0.4) is 0 Å². The first-order valence-electron chi connectivity index (χ1n) is 5.02. The van der Waals surface area contributed by atoms with Crippen molar-refractivity contribution in [3.63, 3.8) is 0 Å². The maximum Gasteiger partial charge on any atom is 0.306 e. The molecule has 0 aliphatic carbocycles. The second-order valence-corrected chi connectivity index (χ2v) is 3.83. The third-order valence-electron chi connectivity index (χ3n) is 2.52. The minimum Gasteiger partial charge on any atom is -0.493 e. The van der Waals surface area contributed by atoms with Gasteiger partial charge in [0.2, 0.25) is 0 Å². The maximum atomic E-state index is 13.6. The van der Waals surface area contributed by atoms with Crippen LogP contribution in [0.4, 0.5) is 4.39 Å². The number of carboxylic acids is 1. The summed E-state index contributed by atoms with van der Waals surface area (Å²) in [6.45, 7) is 3.22. The lowest BCUT2D eigenvalue weighted by Gasteiger charge is -2.12. The van der Waals surface area contributed by atoms with E-state index in [4.69, 9.17) is 9.84 Å². The van der Waals surface area contributed by atoms with Crippen LogP contribution in [0.2, 0.25) is 0 Å². The van der Waals surface area contributed by atoms with Crippen molar-refractivity contribution < 1.29 is 19.0 Å². The minimum atomic E-state index is -0.900. The Kier molecular flexibility index (Phi) is 3.88. The number of halogens is 1. The van der Waals surface area contributed by atoms with E-state index in [1.54, 1.807) is 26.0 Å². The van der Waals surface area contributed by atoms with Gasteiger partial charge >= 0.3 is 5.97 Å². The quantitative estimate of drug-likeness (QED) is 0.857. The number of aliphatic carboxylic acids is 1. The van der Waals surface area contributed by atoms with Crippen LogP contribution in [0.15, 0.2) is 12.1 Å². The maximum absolute atomic E-state index is 13.6. The first kappa shape index (κ1) is 12.5. The predicted molar refractivity (Wildman–Crippen MR) is 58.2 cm³/mol. The number of carbonyl (C=O) groups is 1. The summed E-state index contributed by atoms with van der Waals surface area (Å²) in [6.07, 6.45) is 0.260. The van der Waals surface area contributed by atoms with Crippen molar-refractivity contribution in [2.75, 3.05) is 7.11 Å². The van der Waals surface area contributed by atoms with Crippen molar-refractivity contribution in [2.24, 2.45) is 5.92 Å². The van der Waals surface area contributed by atoms with Crippen LogP contribution in [-0.2, 0) is 11.2 Å². The molecule has 1 aromatic carbocycles. The van der Waals surface area contributed by atoms with Crippen molar-refractivity contribution in [2.45, 2.75) is 20.3 Å². The van der Waals surface area contributed by atoms with Gasteiger partial charge in [-0.2, -0.15) is 0 Å². The van der Waals surface area contributed by atoms with E-state index in [2.05, 4.69) is 0 Å². The molecule has 0 aromatic heterocycles. The van der Waals surface area contributed by atoms with Gasteiger partial charge in [0.25, 0.3) is 0 Å². The van der Waals surface area contributed by atoms with Gasteiger partial charge in [-0.25, -0.2) is 4.39 Å². The van der Waals surface area contributed by atoms with Gasteiger partial charge in [-0.15, -0.1) is 0 Å². The van der Waals surface area contributed by atoms with Gasteiger partial charge < -0.3 is 9.84 Å². The Morgan fingerprint density at radius 2 is 2.19 bits per heavy atom. The fourth-order valence-electron chi connectivity index (χ4n) is 1.49. The summed E-state index contributed by atoms with van der Waals surface area (Å²) in [5.41, 5.74) is 1.07. The van der Waals surface area contributed by atoms with Gasteiger partial charge in [-0.1, -0.05) is 19.1 Å². The molecular formula is C12H15FO3. The van der Waals surface area contributed by atoms with Crippen LogP contribution in [0, 0.1) is 18.7 Å². The van der Waals surface area contributed by atoms with Crippen LogP contribution in [-0.4, -0.2) is 18.2 Å². The zero-order valence-corrected chi connectivity index (χ0v) is 9.58. The summed E-state index contributed by atoms with van der Waals surface area (Å²) in [7, 11) is 1.38. The molecule has 0 amide bonds. The Balaban J connectivity index is 3.05. The summed E-state index contributed by atoms with van der Waals surface area (Å²) < 4.78 is 18.6. The SMILES string of the molecule is COc1c(CC(C)C(=O)O)ccc(C)c1F. The van der Waals surface area contributed by atoms with E-state index >= 15 is 0 Å². The normalized spacial score (nSPS) is 12.2. The zero-order chi connectivity index (χ0) is 12.3. The van der Waals surface area contributed by atoms with E-state index in [-0.39, 0.29) is 12.2 Å². The van der Waals surface area contributed by atoms with Gasteiger partial charge in [0.1, 0.15) is 0 Å². The first-order chi connectivity index (χ1) is 7.47. The molecule has 0 heterocycles. The molecule has 1 rings (SSSR count). The minimum absolute atomic E-state index is 0.146. The van der Waals surface area contributed by atoms with Crippen molar-refractivity contribution in [3.8, 4) is 5.75 Å². The summed E-state index contributed by atoms with van der Waals surface area (Å²) in [5, 5.41) is 8.80. The Morgan fingerprint density at radius 1 is 1.56 bits per heavy atom. The van der Waals surface area contributed by atoms with Crippen LogP contribution >= 0.6 is 0 Å². The Morgan fingerprint density at radius 3 is 2.69 bits per heavy atom. The molecule has 0 fully saturated rings. The molecule has 1 atom stereocenters. The summed E-state index contributed by atoms with van der Waals surface area (Å²) >= 11 is 0. The Labute approximate surface area is 93.9 Å². The molecule has 0 saturated carbocycles. The highest BCUT2D eigenvalue weighted by Gasteiger charge is 2.17. The van der Waals surface area contributed by atoms with Crippen LogP contribution in [0.1, 0.15) is 18.1 Å². The largest absolute Gasteiger partial charge is 0.493 e. The van der Waals surface area contributed by atoms with Crippen LogP contribution < -0.4 is 4.74 Å². The lowest BCUT2D eigenvalue weighted by atomic mass is 9.99. The van der Waals surface area contributed by atoms with E-state index in [0.717, 1.165) is 0 Å². The molecule has 1 N–H and O–H groups in total. The van der Waals surface area contributed by atoms with E-state index < -0.39 is 17.7 Å². The molecule has 16 heavy (non-hydrogen) atoms. The van der Waals surface area contributed by atoms with Gasteiger partial charge in [0.05, 0.1) is 13.0 Å². The molecule has 1 aromatic rings. The third-order valence-corrected chi connectivity index (χ3v) is 2.52. The second-order valence-electron chi connectivity index (χ2n) is 3.83. The number of ether oxygens (including phenoxy) is 1. The molecule has 1 unspecified atom stereocenters. The third kappa shape index (κ3) is 2.51. The molecule has 0 aliphatic rings. The van der Waals surface area contributed by atoms with E-state index in [0.29, 0.717) is 11.1 Å². The van der Waals surface area contributed by atoms with Crippen LogP contribution in [0.25, 0.3) is 0 Å². The standard InChI is InChI=1S/C12H15FO3/c1-7-4-5-9(6-8(2)12(14)15)11(16-3)10(7)13/h4-5,8H,6H2,1-3H3,(H,14,15). The molecule has 3 nitrogen and oxygen atoms in total. The van der Waals surface area contributed by atoms with Gasteiger partial charge in [-0.3, -0.25) is 4.79 Å². The van der Waals surface area contributed by atoms with Crippen molar-refractivity contribution in [1.29, 1.82) is 0 Å². The molecule has 0 radical (unpaired) electrons. The average Bonchev–Trinajstić information content (AvgIpc) is 2.23. The molecular weight excluding hydrogens is 211 g/mol. The number of aryl methyl sites for hydroxylation is 1. The summed E-state index contributed by atoms with van der Waals surface area (Å²) in [5.74, 6) is -1.73. The fourth-order valence-corrected chi connectivity index (χ4v) is 1.49. The number of methoxy groups -OCH3 is 1. The first-order valence-corrected chi connectivity index (χ1v) is 5.02. The van der Waals surface area contributed by atoms with Gasteiger partial charge in [-0.05, 0) is 24.5 Å². The summed E-state index contributed by atoms with van der Waals surface area (Å²) in [6, 6.07) is 3.33. The zero-order valence-electron chi connectivity index (χ0n) is 9.58. The van der Waals surface area contributed by atoms with E-state index in [9.17, 15) is 9.18 Å². The lowest BCUT2D eigenvalue weighted by molar-refractivity contribution is -0.141. The Hall–Kier alpha value is -1.58. The molecule has 0 bridgehead atoms. The van der Waals surface area contributed by atoms with Crippen molar-refractivity contribution >= 4 is 5.97 Å². The number of carboxylic acid groups (broad SMARTS) is 1. The average molecular weight is 226 g/mol. The molecule has 0 saturated heterocycles. The highest BCUT2D eigenvalue weighted by Crippen LogP contribution is 2.27.